The van der Waals surface area contributed by atoms with E-state index >= 15 is 0 Å². The molecular formula is C18H28FN3O3. The molecule has 1 saturated heterocycles. The lowest BCUT2D eigenvalue weighted by Crippen LogP contribution is -2.37. The molecule has 1 aliphatic rings. The van der Waals surface area contributed by atoms with Gasteiger partial charge in [0, 0.05) is 38.9 Å². The molecular weight excluding hydrogens is 325 g/mol. The molecule has 1 fully saturated rings. The maximum atomic E-state index is 13.4. The van der Waals surface area contributed by atoms with E-state index in [0.717, 1.165) is 38.0 Å². The van der Waals surface area contributed by atoms with Crippen LogP contribution >= 0.6 is 0 Å². The zero-order valence-electron chi connectivity index (χ0n) is 14.8. The third-order valence-corrected chi connectivity index (χ3v) is 4.05. The Balaban J connectivity index is 1.60. The number of nitrogens with zero attached hydrogens (tertiary/aromatic N) is 1. The summed E-state index contributed by atoms with van der Waals surface area (Å²) in [7, 11) is 1.70. The van der Waals surface area contributed by atoms with Crippen LogP contribution in [0.1, 0.15) is 30.4 Å². The molecule has 1 aliphatic heterocycles. The van der Waals surface area contributed by atoms with Gasteiger partial charge in [-0.2, -0.15) is 0 Å². The summed E-state index contributed by atoms with van der Waals surface area (Å²) < 4.78 is 24.5. The van der Waals surface area contributed by atoms with Crippen LogP contribution in [0.4, 0.5) is 4.39 Å². The van der Waals surface area contributed by atoms with Crippen molar-refractivity contribution in [3.05, 3.63) is 35.1 Å². The van der Waals surface area contributed by atoms with Gasteiger partial charge in [-0.3, -0.25) is 4.99 Å². The van der Waals surface area contributed by atoms with Crippen LogP contribution in [0.3, 0.4) is 0 Å². The quantitative estimate of drug-likeness (QED) is 0.357. The fourth-order valence-electron chi connectivity index (χ4n) is 2.64. The normalized spacial score (nSPS) is 17.7. The first kappa shape index (κ1) is 19.6. The highest BCUT2D eigenvalue weighted by molar-refractivity contribution is 5.79. The van der Waals surface area contributed by atoms with E-state index in [9.17, 15) is 4.39 Å². The Bertz CT molecular complexity index is 548. The maximum absolute atomic E-state index is 13.4. The number of nitrogens with one attached hydrogen (secondary N) is 2. The topological polar surface area (TPSA) is 75.1 Å². The van der Waals surface area contributed by atoms with Gasteiger partial charge in [0.25, 0.3) is 0 Å². The summed E-state index contributed by atoms with van der Waals surface area (Å²) in [5.41, 5.74) is 1.18. The van der Waals surface area contributed by atoms with Crippen LogP contribution in [0, 0.1) is 5.82 Å². The molecule has 0 saturated carbocycles. The molecule has 0 aliphatic carbocycles. The molecule has 0 bridgehead atoms. The lowest BCUT2D eigenvalue weighted by molar-refractivity contribution is 0.0168. The van der Waals surface area contributed by atoms with Crippen molar-refractivity contribution in [1.29, 1.82) is 0 Å². The smallest absolute Gasteiger partial charge is 0.191 e. The molecule has 6 nitrogen and oxygen atoms in total. The van der Waals surface area contributed by atoms with Crippen molar-refractivity contribution in [3.8, 4) is 0 Å². The number of ether oxygens (including phenoxy) is 2. The Morgan fingerprint density at radius 1 is 1.44 bits per heavy atom. The van der Waals surface area contributed by atoms with E-state index in [0.29, 0.717) is 31.3 Å². The first-order valence-electron chi connectivity index (χ1n) is 8.75. The van der Waals surface area contributed by atoms with Crippen molar-refractivity contribution >= 4 is 5.96 Å². The second-order valence-corrected chi connectivity index (χ2v) is 6.00. The monoisotopic (exact) mass is 353 g/mol. The molecule has 1 heterocycles. The molecule has 0 aromatic heterocycles. The van der Waals surface area contributed by atoms with Gasteiger partial charge in [-0.05, 0) is 37.0 Å². The molecule has 0 amide bonds. The third-order valence-electron chi connectivity index (χ3n) is 4.05. The van der Waals surface area contributed by atoms with Crippen molar-refractivity contribution in [2.24, 2.45) is 4.99 Å². The molecule has 1 aromatic carbocycles. The van der Waals surface area contributed by atoms with Gasteiger partial charge in [-0.15, -0.1) is 0 Å². The minimum absolute atomic E-state index is 0.266. The van der Waals surface area contributed by atoms with Gasteiger partial charge in [0.1, 0.15) is 5.82 Å². The Kier molecular flexibility index (Phi) is 8.65. The second-order valence-electron chi connectivity index (χ2n) is 6.00. The zero-order valence-corrected chi connectivity index (χ0v) is 14.8. The van der Waals surface area contributed by atoms with Crippen LogP contribution in [0.5, 0.6) is 0 Å². The molecule has 140 valence electrons. The SMILES string of the molecule is CN=C(NCCCOCC1CCCO1)NCc1ccc(F)c(CO)c1. The average Bonchev–Trinajstić information content (AvgIpc) is 3.15. The van der Waals surface area contributed by atoms with Gasteiger partial charge in [0.2, 0.25) is 0 Å². The summed E-state index contributed by atoms with van der Waals surface area (Å²) in [4.78, 5) is 4.15. The first-order valence-corrected chi connectivity index (χ1v) is 8.75. The van der Waals surface area contributed by atoms with E-state index in [2.05, 4.69) is 15.6 Å². The summed E-state index contributed by atoms with van der Waals surface area (Å²) >= 11 is 0. The fourth-order valence-corrected chi connectivity index (χ4v) is 2.64. The van der Waals surface area contributed by atoms with Gasteiger partial charge in [0.05, 0.1) is 19.3 Å². The first-order chi connectivity index (χ1) is 12.2. The highest BCUT2D eigenvalue weighted by Crippen LogP contribution is 2.12. The van der Waals surface area contributed by atoms with Crippen LogP contribution in [0.25, 0.3) is 0 Å². The number of guanidine groups is 1. The van der Waals surface area contributed by atoms with E-state index in [1.807, 2.05) is 0 Å². The van der Waals surface area contributed by atoms with Gasteiger partial charge in [-0.25, -0.2) is 4.39 Å². The van der Waals surface area contributed by atoms with Crippen molar-refractivity contribution in [2.75, 3.05) is 33.4 Å². The fraction of sp³-hybridized carbons (Fsp3) is 0.611. The zero-order chi connectivity index (χ0) is 17.9. The van der Waals surface area contributed by atoms with E-state index in [-0.39, 0.29) is 12.7 Å². The van der Waals surface area contributed by atoms with Crippen LogP contribution in [0.15, 0.2) is 23.2 Å². The Morgan fingerprint density at radius 3 is 3.04 bits per heavy atom. The molecule has 1 aromatic rings. The predicted molar refractivity (Wildman–Crippen MR) is 94.9 cm³/mol. The predicted octanol–water partition coefficient (Wildman–Crippen LogP) is 1.57. The second kappa shape index (κ2) is 11.0. The number of rotatable bonds is 9. The van der Waals surface area contributed by atoms with Gasteiger partial charge in [0.15, 0.2) is 5.96 Å². The van der Waals surface area contributed by atoms with E-state index in [4.69, 9.17) is 14.6 Å². The van der Waals surface area contributed by atoms with Crippen molar-refractivity contribution in [3.63, 3.8) is 0 Å². The van der Waals surface area contributed by atoms with Crippen LogP contribution < -0.4 is 10.6 Å². The number of aliphatic hydroxyl groups is 1. The number of aliphatic hydroxyl groups excluding tert-OH is 1. The number of aliphatic imine (C=N–C) groups is 1. The Hall–Kier alpha value is -1.70. The number of hydrogen-bond donors (Lipinski definition) is 3. The molecule has 0 radical (unpaired) electrons. The Labute approximate surface area is 148 Å². The standard InChI is InChI=1S/C18H28FN3O3/c1-20-18(21-7-3-8-24-13-16-4-2-9-25-16)22-11-14-5-6-17(19)15(10-14)12-23/h5-6,10,16,23H,2-4,7-9,11-13H2,1H3,(H2,20,21,22). The van der Waals surface area contributed by atoms with Crippen molar-refractivity contribution in [1.82, 2.24) is 10.6 Å². The molecule has 0 spiro atoms. The highest BCUT2D eigenvalue weighted by Gasteiger charge is 2.14. The number of hydrogen-bond acceptors (Lipinski definition) is 4. The molecule has 2 rings (SSSR count). The molecule has 3 N–H and O–H groups in total. The highest BCUT2D eigenvalue weighted by atomic mass is 19.1. The summed E-state index contributed by atoms with van der Waals surface area (Å²) in [6, 6.07) is 4.70. The third kappa shape index (κ3) is 6.97. The summed E-state index contributed by atoms with van der Waals surface area (Å²) in [5.74, 6) is 0.283. The van der Waals surface area contributed by atoms with E-state index in [1.54, 1.807) is 19.2 Å². The largest absolute Gasteiger partial charge is 0.392 e. The van der Waals surface area contributed by atoms with Gasteiger partial charge >= 0.3 is 0 Å². The average molecular weight is 353 g/mol. The summed E-state index contributed by atoms with van der Waals surface area (Å²) in [5, 5.41) is 15.5. The van der Waals surface area contributed by atoms with Crippen LogP contribution in [0.2, 0.25) is 0 Å². The summed E-state index contributed by atoms with van der Waals surface area (Å²) in [6.45, 7) is 3.15. The minimum atomic E-state index is -0.392. The van der Waals surface area contributed by atoms with E-state index in [1.165, 1.54) is 6.07 Å². The van der Waals surface area contributed by atoms with Gasteiger partial charge in [-0.1, -0.05) is 6.07 Å². The minimum Gasteiger partial charge on any atom is -0.392 e. The van der Waals surface area contributed by atoms with Crippen molar-refractivity contribution < 1.29 is 19.0 Å². The van der Waals surface area contributed by atoms with Gasteiger partial charge < -0.3 is 25.2 Å². The lowest BCUT2D eigenvalue weighted by atomic mass is 10.1. The maximum Gasteiger partial charge on any atom is 0.191 e. The molecule has 25 heavy (non-hydrogen) atoms. The van der Waals surface area contributed by atoms with E-state index < -0.39 is 5.82 Å². The summed E-state index contributed by atoms with van der Waals surface area (Å²) in [6.07, 6.45) is 3.36. The molecule has 7 heteroatoms. The lowest BCUT2D eigenvalue weighted by Gasteiger charge is -2.13. The molecule has 1 atom stereocenters. The number of benzene rings is 1. The van der Waals surface area contributed by atoms with Crippen LogP contribution in [-0.2, 0) is 22.6 Å². The van der Waals surface area contributed by atoms with Crippen molar-refractivity contribution in [2.45, 2.75) is 38.5 Å². The molecule has 1 unspecified atom stereocenters. The van der Waals surface area contributed by atoms with Crippen LogP contribution in [-0.4, -0.2) is 50.6 Å². The number of halogens is 1. The Morgan fingerprint density at radius 2 is 2.32 bits per heavy atom.